The van der Waals surface area contributed by atoms with E-state index in [1.54, 1.807) is 24.4 Å². The van der Waals surface area contributed by atoms with Gasteiger partial charge in [0.2, 0.25) is 0 Å². The van der Waals surface area contributed by atoms with Gasteiger partial charge in [-0.25, -0.2) is 0 Å². The lowest BCUT2D eigenvalue weighted by atomic mass is 10.1. The number of hydrogen-bond acceptors (Lipinski definition) is 3. The minimum absolute atomic E-state index is 0.370. The molecule has 1 aliphatic carbocycles. The van der Waals surface area contributed by atoms with Gasteiger partial charge >= 0.3 is 0 Å². The highest BCUT2D eigenvalue weighted by atomic mass is 35.5. The Morgan fingerprint density at radius 1 is 1.38 bits per heavy atom. The predicted octanol–water partition coefficient (Wildman–Crippen LogP) is 4.00. The monoisotopic (exact) mass is 299 g/mol. The lowest BCUT2D eigenvalue weighted by molar-refractivity contribution is 0.112. The van der Waals surface area contributed by atoms with Crippen molar-refractivity contribution in [2.24, 2.45) is 0 Å². The largest absolute Gasteiger partial charge is 0.298 e. The summed E-state index contributed by atoms with van der Waals surface area (Å²) < 4.78 is 1.89. The van der Waals surface area contributed by atoms with Crippen molar-refractivity contribution in [2.45, 2.75) is 31.7 Å². The van der Waals surface area contributed by atoms with E-state index in [-0.39, 0.29) is 0 Å². The van der Waals surface area contributed by atoms with Crippen molar-refractivity contribution >= 4 is 17.9 Å². The van der Waals surface area contributed by atoms with E-state index in [0.29, 0.717) is 33.4 Å². The molecule has 0 radical (unpaired) electrons. The normalized spacial score (nSPS) is 15.0. The van der Waals surface area contributed by atoms with Crippen LogP contribution in [-0.2, 0) is 0 Å². The summed E-state index contributed by atoms with van der Waals surface area (Å²) in [4.78, 5) is 11.3. The molecule has 0 saturated heterocycles. The molecule has 1 fully saturated rings. The summed E-state index contributed by atoms with van der Waals surface area (Å²) in [6.45, 7) is 0. The van der Waals surface area contributed by atoms with Crippen molar-refractivity contribution in [2.75, 3.05) is 0 Å². The average molecular weight is 300 g/mol. The summed E-state index contributed by atoms with van der Waals surface area (Å²) in [5.41, 5.74) is 2.31. The van der Waals surface area contributed by atoms with E-state index >= 15 is 0 Å². The number of rotatable bonds is 3. The first-order valence-corrected chi connectivity index (χ1v) is 7.35. The molecule has 0 amide bonds. The summed E-state index contributed by atoms with van der Waals surface area (Å²) in [5.74, 6) is 0. The Balaban J connectivity index is 2.05. The van der Waals surface area contributed by atoms with Crippen LogP contribution in [0.2, 0.25) is 5.02 Å². The van der Waals surface area contributed by atoms with Crippen LogP contribution in [0.4, 0.5) is 0 Å². The Kier molecular flexibility index (Phi) is 3.76. The quantitative estimate of drug-likeness (QED) is 0.805. The van der Waals surface area contributed by atoms with E-state index in [9.17, 15) is 4.79 Å². The number of aldehydes is 1. The maximum atomic E-state index is 11.3. The third-order valence-electron chi connectivity index (χ3n) is 3.94. The van der Waals surface area contributed by atoms with E-state index in [0.717, 1.165) is 19.1 Å². The first-order chi connectivity index (χ1) is 10.2. The fourth-order valence-corrected chi connectivity index (χ4v) is 3.10. The number of carbonyl (C=O) groups is 1. The summed E-state index contributed by atoms with van der Waals surface area (Å²) in [6.07, 6.45) is 7.21. The van der Waals surface area contributed by atoms with Gasteiger partial charge in [-0.2, -0.15) is 10.4 Å². The molecule has 1 aromatic heterocycles. The van der Waals surface area contributed by atoms with Gasteiger partial charge < -0.3 is 0 Å². The minimum atomic E-state index is 0.370. The Labute approximate surface area is 128 Å². The molecule has 0 spiro atoms. The third kappa shape index (κ3) is 2.57. The number of carbonyl (C=O) groups excluding carboxylic acids is 1. The first-order valence-electron chi connectivity index (χ1n) is 6.97. The fourth-order valence-electron chi connectivity index (χ4n) is 2.83. The second-order valence-electron chi connectivity index (χ2n) is 5.28. The van der Waals surface area contributed by atoms with E-state index < -0.39 is 0 Å². The number of nitrogens with zero attached hydrogens (tertiary/aromatic N) is 3. The van der Waals surface area contributed by atoms with Crippen LogP contribution in [-0.4, -0.2) is 16.1 Å². The summed E-state index contributed by atoms with van der Waals surface area (Å²) in [7, 11) is 0. The maximum Gasteiger partial charge on any atom is 0.153 e. The highest BCUT2D eigenvalue weighted by Crippen LogP contribution is 2.33. The molecule has 3 rings (SSSR count). The Hall–Kier alpha value is -2.12. The van der Waals surface area contributed by atoms with Gasteiger partial charge in [0.1, 0.15) is 5.69 Å². The summed E-state index contributed by atoms with van der Waals surface area (Å²) >= 11 is 6.22. The zero-order valence-corrected chi connectivity index (χ0v) is 12.2. The molecule has 5 heteroatoms. The van der Waals surface area contributed by atoms with Crippen molar-refractivity contribution in [1.82, 2.24) is 9.78 Å². The number of nitriles is 1. The minimum Gasteiger partial charge on any atom is -0.298 e. The van der Waals surface area contributed by atoms with Crippen molar-refractivity contribution in [3.8, 4) is 17.3 Å². The van der Waals surface area contributed by atoms with Crippen molar-refractivity contribution < 1.29 is 4.79 Å². The van der Waals surface area contributed by atoms with Gasteiger partial charge in [-0.3, -0.25) is 9.48 Å². The third-order valence-corrected chi connectivity index (χ3v) is 4.25. The van der Waals surface area contributed by atoms with Gasteiger partial charge in [0.25, 0.3) is 0 Å². The van der Waals surface area contributed by atoms with Gasteiger partial charge in [0, 0.05) is 11.8 Å². The van der Waals surface area contributed by atoms with Gasteiger partial charge in [-0.05, 0) is 31.0 Å². The molecule has 0 atom stereocenters. The van der Waals surface area contributed by atoms with Crippen LogP contribution < -0.4 is 0 Å². The molecular weight excluding hydrogens is 286 g/mol. The predicted molar refractivity (Wildman–Crippen MR) is 80.3 cm³/mol. The summed E-state index contributed by atoms with van der Waals surface area (Å²) in [5, 5.41) is 13.9. The molecule has 106 valence electrons. The van der Waals surface area contributed by atoms with Crippen LogP contribution in [0, 0.1) is 11.3 Å². The molecule has 0 bridgehead atoms. The van der Waals surface area contributed by atoms with E-state index in [1.165, 1.54) is 12.8 Å². The van der Waals surface area contributed by atoms with Crippen LogP contribution in [0.5, 0.6) is 0 Å². The molecule has 4 nitrogen and oxygen atoms in total. The molecule has 21 heavy (non-hydrogen) atoms. The topological polar surface area (TPSA) is 58.7 Å². The highest BCUT2D eigenvalue weighted by Gasteiger charge is 2.21. The SMILES string of the molecule is N#Cc1ccc(-c2nn(C3CCCC3)cc2C=O)c(Cl)c1. The van der Waals surface area contributed by atoms with E-state index in [4.69, 9.17) is 16.9 Å². The number of halogens is 1. The molecule has 1 aromatic carbocycles. The zero-order valence-electron chi connectivity index (χ0n) is 11.4. The van der Waals surface area contributed by atoms with Gasteiger partial charge in [-0.15, -0.1) is 0 Å². The number of hydrogen-bond donors (Lipinski definition) is 0. The van der Waals surface area contributed by atoms with Crippen molar-refractivity contribution in [3.63, 3.8) is 0 Å². The molecule has 1 aliphatic rings. The molecule has 0 N–H and O–H groups in total. The standard InChI is InChI=1S/C16H14ClN3O/c17-15-7-11(8-18)5-6-14(15)16-12(10-21)9-20(19-16)13-3-1-2-4-13/h5-7,9-10,13H,1-4H2. The van der Waals surface area contributed by atoms with Crippen LogP contribution in [0.1, 0.15) is 47.6 Å². The Morgan fingerprint density at radius 2 is 2.14 bits per heavy atom. The molecular formula is C16H14ClN3O. The fraction of sp³-hybridized carbons (Fsp3) is 0.312. The highest BCUT2D eigenvalue weighted by molar-refractivity contribution is 6.33. The van der Waals surface area contributed by atoms with Crippen LogP contribution in [0.15, 0.2) is 24.4 Å². The molecule has 0 unspecified atom stereocenters. The number of aromatic nitrogens is 2. The lowest BCUT2D eigenvalue weighted by Gasteiger charge is -2.09. The smallest absolute Gasteiger partial charge is 0.153 e. The molecule has 2 aromatic rings. The summed E-state index contributed by atoms with van der Waals surface area (Å²) in [6, 6.07) is 7.44. The second-order valence-corrected chi connectivity index (χ2v) is 5.68. The molecule has 0 aliphatic heterocycles. The van der Waals surface area contributed by atoms with Gasteiger partial charge in [0.05, 0.1) is 28.3 Å². The molecule has 1 saturated carbocycles. The van der Waals surface area contributed by atoms with Crippen LogP contribution in [0.25, 0.3) is 11.3 Å². The van der Waals surface area contributed by atoms with Crippen molar-refractivity contribution in [1.29, 1.82) is 5.26 Å². The van der Waals surface area contributed by atoms with Gasteiger partial charge in [-0.1, -0.05) is 24.4 Å². The Bertz CT molecular complexity index is 724. The first kappa shape index (κ1) is 13.8. The van der Waals surface area contributed by atoms with E-state index in [2.05, 4.69) is 5.10 Å². The Morgan fingerprint density at radius 3 is 2.76 bits per heavy atom. The zero-order chi connectivity index (χ0) is 14.8. The second kappa shape index (κ2) is 5.71. The van der Waals surface area contributed by atoms with Gasteiger partial charge in [0.15, 0.2) is 6.29 Å². The average Bonchev–Trinajstić information content (AvgIpc) is 3.15. The molecule has 1 heterocycles. The van der Waals surface area contributed by atoms with E-state index in [1.807, 2.05) is 10.8 Å². The van der Waals surface area contributed by atoms with Crippen LogP contribution >= 0.6 is 11.6 Å². The van der Waals surface area contributed by atoms with Crippen LogP contribution in [0.3, 0.4) is 0 Å². The number of benzene rings is 1. The maximum absolute atomic E-state index is 11.3. The van der Waals surface area contributed by atoms with Crippen molar-refractivity contribution in [3.05, 3.63) is 40.5 Å². The lowest BCUT2D eigenvalue weighted by Crippen LogP contribution is -2.04.